The highest BCUT2D eigenvalue weighted by atomic mass is 32.1. The third-order valence-corrected chi connectivity index (χ3v) is 3.89. The minimum absolute atomic E-state index is 0.182. The lowest BCUT2D eigenvalue weighted by atomic mass is 10.3. The maximum atomic E-state index is 12.2. The monoisotopic (exact) mass is 298 g/mol. The van der Waals surface area contributed by atoms with Crippen molar-refractivity contribution in [1.82, 2.24) is 15.0 Å². The van der Waals surface area contributed by atoms with Gasteiger partial charge in [-0.25, -0.2) is 15.0 Å². The first kappa shape index (κ1) is 13.6. The number of aryl methyl sites for hydroxylation is 3. The van der Waals surface area contributed by atoms with E-state index in [-0.39, 0.29) is 11.7 Å². The average Bonchev–Trinajstić information content (AvgIpc) is 2.77. The molecular formula is C15H14N4OS. The van der Waals surface area contributed by atoms with Crippen LogP contribution in [0, 0.1) is 20.8 Å². The number of carbonyl (C=O) groups is 1. The summed E-state index contributed by atoms with van der Waals surface area (Å²) < 4.78 is 1.10. The van der Waals surface area contributed by atoms with Gasteiger partial charge in [-0.15, -0.1) is 11.3 Å². The zero-order chi connectivity index (χ0) is 15.0. The van der Waals surface area contributed by atoms with Gasteiger partial charge in [0.1, 0.15) is 0 Å². The molecule has 6 heteroatoms. The number of carbonyl (C=O) groups excluding carboxylic acids is 1. The van der Waals surface area contributed by atoms with E-state index in [4.69, 9.17) is 0 Å². The van der Waals surface area contributed by atoms with Crippen LogP contribution in [0.25, 0.3) is 10.2 Å². The van der Waals surface area contributed by atoms with Crippen LogP contribution in [0.1, 0.15) is 27.0 Å². The number of aromatic nitrogens is 3. The maximum Gasteiger partial charge on any atom is 0.293 e. The first-order valence-corrected chi connectivity index (χ1v) is 7.34. The van der Waals surface area contributed by atoms with Gasteiger partial charge < -0.3 is 5.32 Å². The fourth-order valence-electron chi connectivity index (χ4n) is 2.13. The summed E-state index contributed by atoms with van der Waals surface area (Å²) in [4.78, 5) is 24.9. The van der Waals surface area contributed by atoms with E-state index in [2.05, 4.69) is 20.3 Å². The second-order valence-corrected chi connectivity index (χ2v) is 6.08. The molecule has 2 heterocycles. The van der Waals surface area contributed by atoms with Crippen LogP contribution in [0.15, 0.2) is 24.3 Å². The molecule has 0 atom stereocenters. The summed E-state index contributed by atoms with van der Waals surface area (Å²) in [5.41, 5.74) is 3.13. The number of benzene rings is 1. The Hall–Kier alpha value is -2.34. The highest BCUT2D eigenvalue weighted by Crippen LogP contribution is 2.24. The Labute approximate surface area is 126 Å². The standard InChI is InChI=1S/C15H14N4OS/c1-8-6-9(2)17-14(16-8)15(20)19-11-4-5-13-12(7-11)18-10(3)21-13/h4-7H,1-3H3,(H,19,20). The van der Waals surface area contributed by atoms with Crippen LogP contribution < -0.4 is 5.32 Å². The van der Waals surface area contributed by atoms with Crippen LogP contribution in [-0.4, -0.2) is 20.9 Å². The molecule has 106 valence electrons. The van der Waals surface area contributed by atoms with Crippen molar-refractivity contribution >= 4 is 33.1 Å². The lowest BCUT2D eigenvalue weighted by molar-refractivity contribution is 0.101. The lowest BCUT2D eigenvalue weighted by Gasteiger charge is -2.05. The number of thiazole rings is 1. The van der Waals surface area contributed by atoms with Crippen molar-refractivity contribution in [2.24, 2.45) is 0 Å². The third kappa shape index (κ3) is 2.90. The number of amides is 1. The molecule has 0 saturated carbocycles. The number of hydrogen-bond donors (Lipinski definition) is 1. The summed E-state index contributed by atoms with van der Waals surface area (Å²) in [5, 5.41) is 3.82. The quantitative estimate of drug-likeness (QED) is 0.788. The van der Waals surface area contributed by atoms with Gasteiger partial charge in [-0.2, -0.15) is 0 Å². The fraction of sp³-hybridized carbons (Fsp3) is 0.200. The Morgan fingerprint density at radius 1 is 1.05 bits per heavy atom. The number of anilines is 1. The normalized spacial score (nSPS) is 10.8. The molecule has 0 unspecified atom stereocenters. The molecule has 1 aromatic carbocycles. The Morgan fingerprint density at radius 2 is 1.76 bits per heavy atom. The molecule has 0 saturated heterocycles. The highest BCUT2D eigenvalue weighted by Gasteiger charge is 2.11. The molecule has 1 amide bonds. The minimum Gasteiger partial charge on any atom is -0.319 e. The molecule has 0 bridgehead atoms. The maximum absolute atomic E-state index is 12.2. The summed E-state index contributed by atoms with van der Waals surface area (Å²) in [6, 6.07) is 7.51. The first-order valence-electron chi connectivity index (χ1n) is 6.52. The van der Waals surface area contributed by atoms with E-state index in [1.807, 2.05) is 45.0 Å². The van der Waals surface area contributed by atoms with E-state index < -0.39 is 0 Å². The molecule has 0 spiro atoms. The van der Waals surface area contributed by atoms with Crippen LogP contribution in [0.5, 0.6) is 0 Å². The summed E-state index contributed by atoms with van der Waals surface area (Å²) in [5.74, 6) is -0.129. The molecular weight excluding hydrogens is 284 g/mol. The molecule has 0 aliphatic rings. The largest absolute Gasteiger partial charge is 0.319 e. The summed E-state index contributed by atoms with van der Waals surface area (Å²) in [6.07, 6.45) is 0. The Balaban J connectivity index is 1.88. The van der Waals surface area contributed by atoms with Gasteiger partial charge in [0.25, 0.3) is 5.91 Å². The average molecular weight is 298 g/mol. The van der Waals surface area contributed by atoms with Gasteiger partial charge in [-0.3, -0.25) is 4.79 Å². The Morgan fingerprint density at radius 3 is 2.48 bits per heavy atom. The number of nitrogens with one attached hydrogen (secondary N) is 1. The van der Waals surface area contributed by atoms with Crippen molar-refractivity contribution in [2.75, 3.05) is 5.32 Å². The molecule has 21 heavy (non-hydrogen) atoms. The van der Waals surface area contributed by atoms with Gasteiger partial charge >= 0.3 is 0 Å². The van der Waals surface area contributed by atoms with Gasteiger partial charge in [0, 0.05) is 17.1 Å². The van der Waals surface area contributed by atoms with Crippen LogP contribution in [0.2, 0.25) is 0 Å². The van der Waals surface area contributed by atoms with E-state index in [9.17, 15) is 4.79 Å². The third-order valence-electron chi connectivity index (χ3n) is 2.94. The van der Waals surface area contributed by atoms with Gasteiger partial charge in [-0.1, -0.05) is 0 Å². The lowest BCUT2D eigenvalue weighted by Crippen LogP contribution is -2.16. The number of hydrogen-bond acceptors (Lipinski definition) is 5. The van der Waals surface area contributed by atoms with E-state index in [1.54, 1.807) is 11.3 Å². The molecule has 2 aromatic heterocycles. The zero-order valence-electron chi connectivity index (χ0n) is 12.0. The molecule has 3 rings (SSSR count). The fourth-order valence-corrected chi connectivity index (χ4v) is 2.94. The van der Waals surface area contributed by atoms with Gasteiger partial charge in [0.2, 0.25) is 5.82 Å². The van der Waals surface area contributed by atoms with Crippen LogP contribution in [0.3, 0.4) is 0 Å². The summed E-state index contributed by atoms with van der Waals surface area (Å²) in [6.45, 7) is 5.65. The SMILES string of the molecule is Cc1cc(C)nc(C(=O)Nc2ccc3sc(C)nc3c2)n1. The molecule has 5 nitrogen and oxygen atoms in total. The Kier molecular flexibility index (Phi) is 3.39. The predicted molar refractivity (Wildman–Crippen MR) is 83.8 cm³/mol. The number of nitrogens with zero attached hydrogens (tertiary/aromatic N) is 3. The smallest absolute Gasteiger partial charge is 0.293 e. The Bertz CT molecular complexity index is 821. The molecule has 0 radical (unpaired) electrons. The van der Waals surface area contributed by atoms with Crippen molar-refractivity contribution in [3.8, 4) is 0 Å². The van der Waals surface area contributed by atoms with E-state index in [1.165, 1.54) is 0 Å². The summed E-state index contributed by atoms with van der Waals surface area (Å²) in [7, 11) is 0. The van der Waals surface area contributed by atoms with E-state index in [0.717, 1.165) is 26.6 Å². The van der Waals surface area contributed by atoms with Crippen molar-refractivity contribution < 1.29 is 4.79 Å². The highest BCUT2D eigenvalue weighted by molar-refractivity contribution is 7.18. The van der Waals surface area contributed by atoms with E-state index in [0.29, 0.717) is 5.69 Å². The molecule has 0 aliphatic carbocycles. The van der Waals surface area contributed by atoms with Crippen LogP contribution >= 0.6 is 11.3 Å². The number of rotatable bonds is 2. The second-order valence-electron chi connectivity index (χ2n) is 4.84. The second kappa shape index (κ2) is 5.21. The zero-order valence-corrected chi connectivity index (χ0v) is 12.8. The van der Waals surface area contributed by atoms with Crippen molar-refractivity contribution in [1.29, 1.82) is 0 Å². The van der Waals surface area contributed by atoms with Gasteiger partial charge in [0.15, 0.2) is 0 Å². The summed E-state index contributed by atoms with van der Waals surface area (Å²) >= 11 is 1.63. The molecule has 3 aromatic rings. The van der Waals surface area contributed by atoms with E-state index >= 15 is 0 Å². The van der Waals surface area contributed by atoms with Gasteiger partial charge in [0.05, 0.1) is 15.2 Å². The van der Waals surface area contributed by atoms with Crippen molar-refractivity contribution in [3.63, 3.8) is 0 Å². The van der Waals surface area contributed by atoms with Crippen molar-refractivity contribution in [2.45, 2.75) is 20.8 Å². The number of fused-ring (bicyclic) bond motifs is 1. The topological polar surface area (TPSA) is 67.8 Å². The molecule has 1 N–H and O–H groups in total. The first-order chi connectivity index (χ1) is 10.0. The van der Waals surface area contributed by atoms with Crippen LogP contribution in [-0.2, 0) is 0 Å². The van der Waals surface area contributed by atoms with Crippen LogP contribution in [0.4, 0.5) is 5.69 Å². The van der Waals surface area contributed by atoms with Gasteiger partial charge in [-0.05, 0) is 45.0 Å². The minimum atomic E-state index is -0.312. The molecule has 0 aliphatic heterocycles. The predicted octanol–water partition coefficient (Wildman–Crippen LogP) is 3.26. The van der Waals surface area contributed by atoms with Crippen molar-refractivity contribution in [3.05, 3.63) is 46.5 Å². The molecule has 0 fully saturated rings.